The number of hydrogen-bond donors (Lipinski definition) is 0. The summed E-state index contributed by atoms with van der Waals surface area (Å²) in [4.78, 5) is 0. The minimum absolute atomic E-state index is 0. The first-order valence-electron chi connectivity index (χ1n) is 10.1. The number of hydrogen-bond acceptors (Lipinski definition) is 1. The number of nitrogens with zero attached hydrogens (tertiary/aromatic N) is 2. The normalized spacial score (nSPS) is 10.5. The van der Waals surface area contributed by atoms with Gasteiger partial charge in [0.25, 0.3) is 0 Å². The number of benzene rings is 1. The van der Waals surface area contributed by atoms with Crippen molar-refractivity contribution in [2.45, 2.75) is 78.2 Å². The van der Waals surface area contributed by atoms with Crippen molar-refractivity contribution in [2.75, 3.05) is 6.61 Å². The van der Waals surface area contributed by atoms with Crippen LogP contribution in [-0.4, -0.2) is 11.2 Å². The number of rotatable bonds is 13. The number of aromatic nitrogens is 2. The van der Waals surface area contributed by atoms with E-state index in [9.17, 15) is 0 Å². The van der Waals surface area contributed by atoms with Crippen LogP contribution < -0.4 is 33.3 Å². The van der Waals surface area contributed by atoms with Crippen molar-refractivity contribution >= 4 is 0 Å². The van der Waals surface area contributed by atoms with Gasteiger partial charge in [-0.05, 0) is 44.0 Å². The summed E-state index contributed by atoms with van der Waals surface area (Å²) in [6.45, 7) is 6.11. The lowest BCUT2D eigenvalue weighted by Crippen LogP contribution is -3.00. The van der Waals surface area contributed by atoms with Gasteiger partial charge in [-0.2, -0.15) is 0 Å². The molecule has 0 fully saturated rings. The van der Waals surface area contributed by atoms with Crippen LogP contribution >= 0.6 is 0 Å². The van der Waals surface area contributed by atoms with Crippen LogP contribution in [0.25, 0.3) is 5.69 Å². The molecule has 146 valence electrons. The Balaban J connectivity index is 0.00000338. The SMILES string of the molecule is CCCCCCCCCCC[n+]1ccn(-c2ccc(OCC)cc2)c1.[I-]. The van der Waals surface area contributed by atoms with Gasteiger partial charge < -0.3 is 28.7 Å². The van der Waals surface area contributed by atoms with Gasteiger partial charge >= 0.3 is 0 Å². The zero-order valence-electron chi connectivity index (χ0n) is 16.5. The van der Waals surface area contributed by atoms with Crippen molar-refractivity contribution < 1.29 is 33.3 Å². The molecule has 0 radical (unpaired) electrons. The Morgan fingerprint density at radius 2 is 1.46 bits per heavy atom. The summed E-state index contributed by atoms with van der Waals surface area (Å²) in [5.41, 5.74) is 1.18. The first-order chi connectivity index (χ1) is 12.3. The maximum absolute atomic E-state index is 5.50. The van der Waals surface area contributed by atoms with E-state index in [0.29, 0.717) is 6.61 Å². The van der Waals surface area contributed by atoms with Crippen molar-refractivity contribution in [3.63, 3.8) is 0 Å². The van der Waals surface area contributed by atoms with Gasteiger partial charge in [-0.15, -0.1) is 0 Å². The van der Waals surface area contributed by atoms with Crippen LogP contribution in [0.4, 0.5) is 0 Å². The lowest BCUT2D eigenvalue weighted by molar-refractivity contribution is -0.696. The van der Waals surface area contributed by atoms with Gasteiger partial charge in [-0.3, -0.25) is 0 Å². The van der Waals surface area contributed by atoms with Crippen LogP contribution in [-0.2, 0) is 6.54 Å². The maximum Gasteiger partial charge on any atom is 0.248 e. The van der Waals surface area contributed by atoms with E-state index in [1.165, 1.54) is 63.5 Å². The highest BCUT2D eigenvalue weighted by Crippen LogP contribution is 2.15. The molecule has 2 rings (SSSR count). The molecule has 4 heteroatoms. The van der Waals surface area contributed by atoms with Gasteiger partial charge in [0, 0.05) is 0 Å². The van der Waals surface area contributed by atoms with Crippen LogP contribution in [0.15, 0.2) is 43.0 Å². The number of halogens is 1. The Bertz CT molecular complexity index is 580. The second-order valence-electron chi connectivity index (χ2n) is 6.81. The van der Waals surface area contributed by atoms with E-state index < -0.39 is 0 Å². The van der Waals surface area contributed by atoms with E-state index in [-0.39, 0.29) is 24.0 Å². The van der Waals surface area contributed by atoms with E-state index in [4.69, 9.17) is 4.74 Å². The number of unbranched alkanes of at least 4 members (excludes halogenated alkanes) is 8. The standard InChI is InChI=1S/C22H35N2O.HI/c1-3-5-6-7-8-9-10-11-12-17-23-18-19-24(20-23)21-13-15-22(16-14-21)25-4-2;/h13-16,18-20H,3-12,17H2,1-2H3;1H/q+1;/p-1. The smallest absolute Gasteiger partial charge is 0.248 e. The zero-order valence-corrected chi connectivity index (χ0v) is 18.7. The van der Waals surface area contributed by atoms with E-state index in [0.717, 1.165) is 12.3 Å². The van der Waals surface area contributed by atoms with Crippen LogP contribution in [0.2, 0.25) is 0 Å². The number of ether oxygens (including phenoxy) is 1. The molecule has 0 unspecified atom stereocenters. The predicted molar refractivity (Wildman–Crippen MR) is 104 cm³/mol. The predicted octanol–water partition coefficient (Wildman–Crippen LogP) is 2.70. The summed E-state index contributed by atoms with van der Waals surface area (Å²) in [6, 6.07) is 8.27. The Morgan fingerprint density at radius 1 is 0.846 bits per heavy atom. The van der Waals surface area contributed by atoms with Gasteiger partial charge in [0.15, 0.2) is 0 Å². The molecule has 0 aliphatic carbocycles. The summed E-state index contributed by atoms with van der Waals surface area (Å²) in [5, 5.41) is 0. The van der Waals surface area contributed by atoms with Gasteiger partial charge in [0.2, 0.25) is 6.33 Å². The summed E-state index contributed by atoms with van der Waals surface area (Å²) >= 11 is 0. The average Bonchev–Trinajstić information content (AvgIpc) is 3.10. The molecular formula is C22H35IN2O. The molecule has 2 aromatic rings. The van der Waals surface area contributed by atoms with Gasteiger partial charge in [0.1, 0.15) is 23.8 Å². The van der Waals surface area contributed by atoms with Gasteiger partial charge in [-0.1, -0.05) is 51.9 Å². The van der Waals surface area contributed by atoms with Gasteiger partial charge in [0.05, 0.1) is 13.2 Å². The number of imidazole rings is 1. The summed E-state index contributed by atoms with van der Waals surface area (Å²) in [7, 11) is 0. The third-order valence-corrected chi connectivity index (χ3v) is 4.66. The molecule has 26 heavy (non-hydrogen) atoms. The molecule has 0 aliphatic heterocycles. The lowest BCUT2D eigenvalue weighted by atomic mass is 10.1. The molecule has 0 N–H and O–H groups in total. The Labute approximate surface area is 176 Å². The fourth-order valence-corrected chi connectivity index (χ4v) is 3.17. The Morgan fingerprint density at radius 3 is 2.08 bits per heavy atom. The first kappa shape index (κ1) is 23.0. The molecule has 0 spiro atoms. The zero-order chi connectivity index (χ0) is 17.7. The third-order valence-electron chi connectivity index (χ3n) is 4.66. The minimum Gasteiger partial charge on any atom is -1.00 e. The number of aryl methyl sites for hydroxylation is 1. The first-order valence-corrected chi connectivity index (χ1v) is 10.1. The van der Waals surface area contributed by atoms with Gasteiger partial charge in [-0.25, -0.2) is 9.13 Å². The van der Waals surface area contributed by atoms with Crippen molar-refractivity contribution in [1.82, 2.24) is 4.57 Å². The van der Waals surface area contributed by atoms with Crippen LogP contribution in [0.1, 0.15) is 71.6 Å². The fourth-order valence-electron chi connectivity index (χ4n) is 3.17. The second kappa shape index (κ2) is 14.1. The average molecular weight is 470 g/mol. The maximum atomic E-state index is 5.50. The van der Waals surface area contributed by atoms with Crippen LogP contribution in [0.3, 0.4) is 0 Å². The molecule has 0 saturated carbocycles. The Kier molecular flexibility index (Phi) is 12.4. The quantitative estimate of drug-likeness (QED) is 0.250. The van der Waals surface area contributed by atoms with E-state index in [2.05, 4.69) is 46.9 Å². The highest BCUT2D eigenvalue weighted by atomic mass is 127. The highest BCUT2D eigenvalue weighted by molar-refractivity contribution is 5.36. The summed E-state index contributed by atoms with van der Waals surface area (Å²) in [6.07, 6.45) is 18.9. The molecule has 0 saturated heterocycles. The molecule has 0 aliphatic rings. The molecule has 0 atom stereocenters. The largest absolute Gasteiger partial charge is 1.00 e. The third kappa shape index (κ3) is 8.56. The van der Waals surface area contributed by atoms with E-state index in [1.807, 2.05) is 19.1 Å². The summed E-state index contributed by atoms with van der Waals surface area (Å²) in [5.74, 6) is 0.931. The van der Waals surface area contributed by atoms with E-state index in [1.54, 1.807) is 0 Å². The van der Waals surface area contributed by atoms with Crippen LogP contribution in [0.5, 0.6) is 5.75 Å². The van der Waals surface area contributed by atoms with Crippen molar-refractivity contribution in [2.24, 2.45) is 0 Å². The molecular weight excluding hydrogens is 435 g/mol. The summed E-state index contributed by atoms with van der Waals surface area (Å²) < 4.78 is 9.96. The molecule has 1 aromatic carbocycles. The van der Waals surface area contributed by atoms with Crippen molar-refractivity contribution in [3.05, 3.63) is 43.0 Å². The molecule has 1 aromatic heterocycles. The minimum atomic E-state index is 0. The monoisotopic (exact) mass is 470 g/mol. The molecule has 0 amide bonds. The fraction of sp³-hybridized carbons (Fsp3) is 0.591. The molecule has 0 bridgehead atoms. The lowest BCUT2D eigenvalue weighted by Gasteiger charge is -2.02. The van der Waals surface area contributed by atoms with E-state index >= 15 is 0 Å². The second-order valence-corrected chi connectivity index (χ2v) is 6.81. The topological polar surface area (TPSA) is 18.0 Å². The highest BCUT2D eigenvalue weighted by Gasteiger charge is 2.06. The Hall–Kier alpha value is -1.04. The van der Waals surface area contributed by atoms with Crippen molar-refractivity contribution in [3.8, 4) is 11.4 Å². The molecule has 1 heterocycles. The van der Waals surface area contributed by atoms with Crippen molar-refractivity contribution in [1.29, 1.82) is 0 Å². The van der Waals surface area contributed by atoms with Crippen LogP contribution in [0, 0.1) is 0 Å². The molecule has 3 nitrogen and oxygen atoms in total.